The largest absolute Gasteiger partial charge is 0.480 e. The van der Waals surface area contributed by atoms with E-state index in [0.29, 0.717) is 12.0 Å². The van der Waals surface area contributed by atoms with Crippen molar-refractivity contribution in [2.45, 2.75) is 38.6 Å². The first-order valence-electron chi connectivity index (χ1n) is 5.60. The number of carbonyl (C=O) groups is 1. The molecule has 0 aromatic heterocycles. The van der Waals surface area contributed by atoms with Gasteiger partial charge in [-0.3, -0.25) is 0 Å². The molecule has 0 aliphatic carbocycles. The van der Waals surface area contributed by atoms with E-state index in [9.17, 15) is 9.90 Å². The van der Waals surface area contributed by atoms with Crippen molar-refractivity contribution in [3.8, 4) is 0 Å². The average Bonchev–Trinajstić information content (AvgIpc) is 2.26. The number of rotatable bonds is 5. The lowest BCUT2D eigenvalue weighted by atomic mass is 9.85. The van der Waals surface area contributed by atoms with Gasteiger partial charge in [0.1, 0.15) is 5.54 Å². The summed E-state index contributed by atoms with van der Waals surface area (Å²) >= 11 is 0. The summed E-state index contributed by atoms with van der Waals surface area (Å²) < 4.78 is 0. The lowest BCUT2D eigenvalue weighted by Crippen LogP contribution is -2.44. The number of nitrogens with two attached hydrogens (primary N) is 1. The molecule has 16 heavy (non-hydrogen) atoms. The second-order valence-electron chi connectivity index (χ2n) is 4.25. The lowest BCUT2D eigenvalue weighted by Gasteiger charge is -2.25. The third-order valence-electron chi connectivity index (χ3n) is 2.87. The Labute approximate surface area is 96.3 Å². The van der Waals surface area contributed by atoms with Crippen LogP contribution in [-0.4, -0.2) is 11.1 Å². The summed E-state index contributed by atoms with van der Waals surface area (Å²) in [6.45, 7) is 3.99. The van der Waals surface area contributed by atoms with Crippen molar-refractivity contribution in [2.24, 2.45) is 5.73 Å². The molecule has 0 radical (unpaired) electrons. The van der Waals surface area contributed by atoms with Crippen LogP contribution in [0.15, 0.2) is 24.3 Å². The van der Waals surface area contributed by atoms with E-state index in [2.05, 4.69) is 0 Å². The monoisotopic (exact) mass is 221 g/mol. The predicted octanol–water partition coefficient (Wildman–Crippen LogP) is 2.42. The van der Waals surface area contributed by atoms with Crippen molar-refractivity contribution >= 4 is 5.97 Å². The minimum absolute atomic E-state index is 0.474. The Balaban J connectivity index is 3.01. The van der Waals surface area contributed by atoms with E-state index < -0.39 is 11.5 Å². The number of hydrogen-bond donors (Lipinski definition) is 2. The summed E-state index contributed by atoms with van der Waals surface area (Å²) in [5, 5.41) is 9.26. The van der Waals surface area contributed by atoms with Crippen molar-refractivity contribution in [2.75, 3.05) is 0 Å². The van der Waals surface area contributed by atoms with E-state index in [1.807, 2.05) is 26.0 Å². The van der Waals surface area contributed by atoms with Crippen LogP contribution in [-0.2, 0) is 10.3 Å². The summed E-state index contributed by atoms with van der Waals surface area (Å²) in [5.74, 6) is -0.954. The van der Waals surface area contributed by atoms with E-state index in [-0.39, 0.29) is 0 Å². The quantitative estimate of drug-likeness (QED) is 0.802. The smallest absolute Gasteiger partial charge is 0.328 e. The Hall–Kier alpha value is -1.35. The first-order chi connectivity index (χ1) is 7.50. The van der Waals surface area contributed by atoms with Crippen LogP contribution >= 0.6 is 0 Å². The fraction of sp³-hybridized carbons (Fsp3) is 0.462. The molecule has 3 nitrogen and oxygen atoms in total. The van der Waals surface area contributed by atoms with Gasteiger partial charge in [-0.1, -0.05) is 49.6 Å². The maximum absolute atomic E-state index is 11.3. The van der Waals surface area contributed by atoms with E-state index in [1.54, 1.807) is 12.1 Å². The summed E-state index contributed by atoms with van der Waals surface area (Å²) in [7, 11) is 0. The van der Waals surface area contributed by atoms with Crippen LogP contribution in [0.1, 0.15) is 37.3 Å². The minimum atomic E-state index is -1.25. The zero-order valence-electron chi connectivity index (χ0n) is 9.86. The van der Waals surface area contributed by atoms with Gasteiger partial charge in [0, 0.05) is 0 Å². The molecule has 0 saturated carbocycles. The SMILES string of the molecule is CCCCC(N)(C(=O)O)c1ccc(C)cc1. The Morgan fingerprint density at radius 2 is 1.94 bits per heavy atom. The number of carboxylic acids is 1. The van der Waals surface area contributed by atoms with Crippen LogP contribution in [0.2, 0.25) is 0 Å². The predicted molar refractivity (Wildman–Crippen MR) is 64.2 cm³/mol. The molecule has 0 aliphatic heterocycles. The van der Waals surface area contributed by atoms with E-state index in [0.717, 1.165) is 18.4 Å². The number of unbranched alkanes of at least 4 members (excludes halogenated alkanes) is 1. The first kappa shape index (κ1) is 12.7. The molecule has 0 saturated heterocycles. The minimum Gasteiger partial charge on any atom is -0.480 e. The van der Waals surface area contributed by atoms with Crippen LogP contribution in [0.25, 0.3) is 0 Å². The van der Waals surface area contributed by atoms with Gasteiger partial charge in [0.05, 0.1) is 0 Å². The Morgan fingerprint density at radius 1 is 1.38 bits per heavy atom. The highest BCUT2D eigenvalue weighted by Gasteiger charge is 2.34. The lowest BCUT2D eigenvalue weighted by molar-refractivity contribution is -0.144. The van der Waals surface area contributed by atoms with Crippen LogP contribution in [0.5, 0.6) is 0 Å². The number of aryl methyl sites for hydroxylation is 1. The van der Waals surface area contributed by atoms with Crippen LogP contribution in [0.4, 0.5) is 0 Å². The topological polar surface area (TPSA) is 63.3 Å². The molecule has 1 aromatic rings. The first-order valence-corrected chi connectivity index (χ1v) is 5.60. The number of aliphatic carboxylic acids is 1. The van der Waals surface area contributed by atoms with Crippen molar-refractivity contribution < 1.29 is 9.90 Å². The second kappa shape index (κ2) is 5.12. The molecule has 0 fully saturated rings. The summed E-state index contributed by atoms with van der Waals surface area (Å²) in [5.41, 5.74) is 6.54. The van der Waals surface area contributed by atoms with Crippen LogP contribution in [0, 0.1) is 6.92 Å². The van der Waals surface area contributed by atoms with Crippen molar-refractivity contribution in [3.05, 3.63) is 35.4 Å². The molecule has 1 rings (SSSR count). The molecule has 3 N–H and O–H groups in total. The number of hydrogen-bond acceptors (Lipinski definition) is 2. The Bertz CT molecular complexity index is 359. The van der Waals surface area contributed by atoms with Crippen molar-refractivity contribution in [1.82, 2.24) is 0 Å². The van der Waals surface area contributed by atoms with Gasteiger partial charge in [-0.2, -0.15) is 0 Å². The van der Waals surface area contributed by atoms with Gasteiger partial charge in [-0.05, 0) is 18.9 Å². The molecule has 88 valence electrons. The molecule has 0 spiro atoms. The van der Waals surface area contributed by atoms with Gasteiger partial charge in [-0.25, -0.2) is 4.79 Å². The summed E-state index contributed by atoms with van der Waals surface area (Å²) in [4.78, 5) is 11.3. The van der Waals surface area contributed by atoms with Crippen LogP contribution < -0.4 is 5.73 Å². The number of carboxylic acid groups (broad SMARTS) is 1. The molecule has 0 aliphatic rings. The van der Waals surface area contributed by atoms with Crippen molar-refractivity contribution in [1.29, 1.82) is 0 Å². The van der Waals surface area contributed by atoms with Gasteiger partial charge in [0.25, 0.3) is 0 Å². The molecule has 0 amide bonds. The molecular weight excluding hydrogens is 202 g/mol. The standard InChI is InChI=1S/C13H19NO2/c1-3-4-9-13(14,12(15)16)11-7-5-10(2)6-8-11/h5-8H,3-4,9,14H2,1-2H3,(H,15,16). The highest BCUT2D eigenvalue weighted by molar-refractivity contribution is 5.80. The molecule has 0 heterocycles. The Morgan fingerprint density at radius 3 is 2.38 bits per heavy atom. The van der Waals surface area contributed by atoms with Crippen LogP contribution in [0.3, 0.4) is 0 Å². The van der Waals surface area contributed by atoms with Gasteiger partial charge in [0.2, 0.25) is 0 Å². The van der Waals surface area contributed by atoms with Gasteiger partial charge < -0.3 is 10.8 Å². The maximum Gasteiger partial charge on any atom is 0.328 e. The molecule has 3 heteroatoms. The maximum atomic E-state index is 11.3. The van der Waals surface area contributed by atoms with E-state index >= 15 is 0 Å². The Kier molecular flexibility index (Phi) is 4.07. The summed E-state index contributed by atoms with van der Waals surface area (Å²) in [6, 6.07) is 7.40. The molecule has 1 aromatic carbocycles. The third kappa shape index (κ3) is 2.61. The van der Waals surface area contributed by atoms with Gasteiger partial charge in [-0.15, -0.1) is 0 Å². The zero-order valence-corrected chi connectivity index (χ0v) is 9.86. The fourth-order valence-corrected chi connectivity index (χ4v) is 1.68. The second-order valence-corrected chi connectivity index (χ2v) is 4.25. The third-order valence-corrected chi connectivity index (χ3v) is 2.87. The van der Waals surface area contributed by atoms with E-state index in [1.165, 1.54) is 0 Å². The van der Waals surface area contributed by atoms with E-state index in [4.69, 9.17) is 5.73 Å². The molecular formula is C13H19NO2. The normalized spacial score (nSPS) is 14.4. The van der Waals surface area contributed by atoms with Gasteiger partial charge in [0.15, 0.2) is 0 Å². The summed E-state index contributed by atoms with van der Waals surface area (Å²) in [6.07, 6.45) is 2.23. The molecule has 1 unspecified atom stereocenters. The van der Waals surface area contributed by atoms with Crippen molar-refractivity contribution in [3.63, 3.8) is 0 Å². The highest BCUT2D eigenvalue weighted by atomic mass is 16.4. The average molecular weight is 221 g/mol. The fourth-order valence-electron chi connectivity index (χ4n) is 1.68. The zero-order chi connectivity index (χ0) is 12.2. The highest BCUT2D eigenvalue weighted by Crippen LogP contribution is 2.25. The van der Waals surface area contributed by atoms with Gasteiger partial charge >= 0.3 is 5.97 Å². The number of benzene rings is 1. The molecule has 1 atom stereocenters. The molecule has 0 bridgehead atoms.